The Morgan fingerprint density at radius 3 is 2.56 bits per heavy atom. The summed E-state index contributed by atoms with van der Waals surface area (Å²) in [6.07, 6.45) is 3.19. The van der Waals surface area contributed by atoms with E-state index in [4.69, 9.17) is 21.1 Å². The average Bonchev–Trinajstić information content (AvgIpc) is 3.61. The molecular formula is C25H23N3O4S2. The van der Waals surface area contributed by atoms with E-state index in [1.807, 2.05) is 55.3 Å². The number of carbonyl (C=O) groups excluding carboxylic acids is 2. The number of carbonyl (C=O) groups is 2. The van der Waals surface area contributed by atoms with Gasteiger partial charge in [-0.05, 0) is 44.3 Å². The van der Waals surface area contributed by atoms with Crippen LogP contribution in [0, 0.1) is 6.92 Å². The van der Waals surface area contributed by atoms with Crippen molar-refractivity contribution in [1.29, 1.82) is 0 Å². The van der Waals surface area contributed by atoms with Gasteiger partial charge in [0.05, 0.1) is 25.0 Å². The van der Waals surface area contributed by atoms with Gasteiger partial charge in [0.25, 0.3) is 5.91 Å². The molecule has 1 aromatic carbocycles. The normalized spacial score (nSPS) is 28.8. The summed E-state index contributed by atoms with van der Waals surface area (Å²) in [5, 5.41) is 0. The number of likely N-dealkylation sites (N-methyl/N-ethyl adjacent to an activating group) is 2. The van der Waals surface area contributed by atoms with Crippen LogP contribution in [0.1, 0.15) is 28.6 Å². The highest BCUT2D eigenvalue weighted by Crippen LogP contribution is 2.66. The van der Waals surface area contributed by atoms with Crippen LogP contribution in [0.5, 0.6) is 0 Å². The lowest BCUT2D eigenvalue weighted by Crippen LogP contribution is -2.62. The maximum atomic E-state index is 14.6. The molecule has 2 fully saturated rings. The number of rotatable bonds is 3. The summed E-state index contributed by atoms with van der Waals surface area (Å²) in [5.41, 5.74) is 1.44. The van der Waals surface area contributed by atoms with Crippen LogP contribution >= 0.6 is 24.0 Å². The number of hydrogen-bond acceptors (Lipinski definition) is 7. The standard InChI is InChI=1S/C25H23N3O4S2/c1-15-8-9-19-17(12-15)24(21(29)27(19)3)25(18(14-26(24)2)20-7-5-11-32-20)22(30)28(23(33)34-25)13-16-6-4-10-31-16/h4-12,18H,13-14H2,1-3H3. The fourth-order valence-electron chi connectivity index (χ4n) is 5.95. The lowest BCUT2D eigenvalue weighted by molar-refractivity contribution is -0.139. The highest BCUT2D eigenvalue weighted by Gasteiger charge is 2.79. The monoisotopic (exact) mass is 493 g/mol. The lowest BCUT2D eigenvalue weighted by Gasteiger charge is -2.41. The number of thioether (sulfide) groups is 1. The first-order chi connectivity index (χ1) is 16.3. The van der Waals surface area contributed by atoms with Gasteiger partial charge in [0, 0.05) is 24.8 Å². The maximum Gasteiger partial charge on any atom is 0.254 e. The Kier molecular flexibility index (Phi) is 4.65. The zero-order valence-corrected chi connectivity index (χ0v) is 20.6. The molecule has 0 saturated carbocycles. The van der Waals surface area contributed by atoms with Crippen LogP contribution in [0.4, 0.5) is 5.69 Å². The summed E-state index contributed by atoms with van der Waals surface area (Å²) >= 11 is 7.10. The van der Waals surface area contributed by atoms with E-state index >= 15 is 0 Å². The van der Waals surface area contributed by atoms with E-state index in [9.17, 15) is 9.59 Å². The molecule has 3 aliphatic heterocycles. The van der Waals surface area contributed by atoms with E-state index in [1.165, 1.54) is 11.8 Å². The van der Waals surface area contributed by atoms with E-state index in [0.29, 0.717) is 22.4 Å². The summed E-state index contributed by atoms with van der Waals surface area (Å²) in [4.78, 5) is 34.1. The van der Waals surface area contributed by atoms with Crippen molar-refractivity contribution in [3.63, 3.8) is 0 Å². The maximum absolute atomic E-state index is 14.6. The van der Waals surface area contributed by atoms with Gasteiger partial charge in [-0.2, -0.15) is 0 Å². The number of fused-ring (bicyclic) bond motifs is 3. The molecule has 2 saturated heterocycles. The van der Waals surface area contributed by atoms with Crippen molar-refractivity contribution in [2.45, 2.75) is 29.7 Å². The zero-order valence-electron chi connectivity index (χ0n) is 19.0. The van der Waals surface area contributed by atoms with Gasteiger partial charge in [0.15, 0.2) is 5.54 Å². The Morgan fingerprint density at radius 1 is 1.09 bits per heavy atom. The average molecular weight is 494 g/mol. The van der Waals surface area contributed by atoms with Crippen molar-refractivity contribution < 1.29 is 18.4 Å². The predicted octanol–water partition coefficient (Wildman–Crippen LogP) is 3.88. The minimum atomic E-state index is -1.23. The fourth-order valence-corrected chi connectivity index (χ4v) is 8.05. The van der Waals surface area contributed by atoms with Crippen molar-refractivity contribution in [2.75, 3.05) is 25.5 Å². The molecule has 2 spiro atoms. The predicted molar refractivity (Wildman–Crippen MR) is 133 cm³/mol. The lowest BCUT2D eigenvalue weighted by atomic mass is 9.73. The highest BCUT2D eigenvalue weighted by molar-refractivity contribution is 8.25. The molecule has 3 aromatic rings. The molecule has 2 aromatic heterocycles. The van der Waals surface area contributed by atoms with E-state index < -0.39 is 10.3 Å². The smallest absolute Gasteiger partial charge is 0.254 e. The van der Waals surface area contributed by atoms with Gasteiger partial charge >= 0.3 is 0 Å². The molecule has 7 nitrogen and oxygen atoms in total. The highest BCUT2D eigenvalue weighted by atomic mass is 32.2. The molecule has 0 N–H and O–H groups in total. The first-order valence-electron chi connectivity index (χ1n) is 11.0. The Hall–Kier alpha value is -2.88. The molecule has 6 rings (SSSR count). The number of benzene rings is 1. The topological polar surface area (TPSA) is 70.1 Å². The Balaban J connectivity index is 1.61. The minimum absolute atomic E-state index is 0.131. The number of anilines is 1. The van der Waals surface area contributed by atoms with Crippen molar-refractivity contribution in [1.82, 2.24) is 9.80 Å². The van der Waals surface area contributed by atoms with Gasteiger partial charge in [0.2, 0.25) is 5.91 Å². The van der Waals surface area contributed by atoms with Crippen LogP contribution in [0.3, 0.4) is 0 Å². The SMILES string of the molecule is Cc1ccc2c(c1)C1(C(=O)N2C)N(C)CC(c2ccco2)C12SC(=S)N(Cc1ccco1)C2=O. The van der Waals surface area contributed by atoms with Crippen LogP contribution in [0.25, 0.3) is 0 Å². The van der Waals surface area contributed by atoms with Crippen LogP contribution in [-0.4, -0.2) is 51.3 Å². The summed E-state index contributed by atoms with van der Waals surface area (Å²) in [6.45, 7) is 2.69. The summed E-state index contributed by atoms with van der Waals surface area (Å²) in [5.74, 6) is 0.598. The second kappa shape index (κ2) is 7.31. The third-order valence-electron chi connectivity index (χ3n) is 7.39. The molecule has 3 unspecified atom stereocenters. The summed E-state index contributed by atoms with van der Waals surface area (Å²) < 4.78 is 10.6. The van der Waals surface area contributed by atoms with Crippen LogP contribution in [0.15, 0.2) is 63.8 Å². The largest absolute Gasteiger partial charge is 0.469 e. The van der Waals surface area contributed by atoms with Crippen LogP contribution in [-0.2, 0) is 21.7 Å². The number of hydrogen-bond donors (Lipinski definition) is 0. The quantitative estimate of drug-likeness (QED) is 0.513. The van der Waals surface area contributed by atoms with Crippen LogP contribution < -0.4 is 4.90 Å². The first kappa shape index (κ1) is 21.6. The number of furan rings is 2. The fraction of sp³-hybridized carbons (Fsp3) is 0.320. The van der Waals surface area contributed by atoms with Crippen molar-refractivity contribution in [3.8, 4) is 0 Å². The number of amides is 2. The number of nitrogens with zero attached hydrogens (tertiary/aromatic N) is 3. The Labute approximate surface area is 206 Å². The Morgan fingerprint density at radius 2 is 1.85 bits per heavy atom. The van der Waals surface area contributed by atoms with Crippen molar-refractivity contribution in [2.24, 2.45) is 0 Å². The molecule has 3 atom stereocenters. The molecule has 0 aliphatic carbocycles. The summed E-state index contributed by atoms with van der Waals surface area (Å²) in [6, 6.07) is 13.3. The number of aryl methyl sites for hydroxylation is 1. The third kappa shape index (κ3) is 2.49. The second-order valence-electron chi connectivity index (χ2n) is 9.12. The molecule has 2 amide bonds. The Bertz CT molecular complexity index is 1320. The molecule has 9 heteroatoms. The van der Waals surface area contributed by atoms with Crippen LogP contribution in [0.2, 0.25) is 0 Å². The number of thiocarbonyl (C=S) groups is 1. The van der Waals surface area contributed by atoms with Crippen molar-refractivity contribution >= 4 is 45.8 Å². The van der Waals surface area contributed by atoms with Gasteiger partial charge in [-0.3, -0.25) is 19.4 Å². The molecule has 0 radical (unpaired) electrons. The molecular weight excluding hydrogens is 470 g/mol. The molecule has 174 valence electrons. The first-order valence-corrected chi connectivity index (χ1v) is 12.3. The molecule has 0 bridgehead atoms. The molecule has 34 heavy (non-hydrogen) atoms. The minimum Gasteiger partial charge on any atom is -0.469 e. The van der Waals surface area contributed by atoms with E-state index in [-0.39, 0.29) is 24.3 Å². The number of likely N-dealkylation sites (tertiary alicyclic amines) is 1. The van der Waals surface area contributed by atoms with Gasteiger partial charge in [-0.25, -0.2) is 0 Å². The second-order valence-corrected chi connectivity index (χ2v) is 11.0. The van der Waals surface area contributed by atoms with Crippen molar-refractivity contribution in [3.05, 3.63) is 77.6 Å². The van der Waals surface area contributed by atoms with E-state index in [2.05, 4.69) is 0 Å². The van der Waals surface area contributed by atoms with Gasteiger partial charge in [-0.15, -0.1) is 0 Å². The summed E-state index contributed by atoms with van der Waals surface area (Å²) in [7, 11) is 3.69. The van der Waals surface area contributed by atoms with Gasteiger partial charge < -0.3 is 13.7 Å². The van der Waals surface area contributed by atoms with Gasteiger partial charge in [0.1, 0.15) is 20.6 Å². The van der Waals surface area contributed by atoms with Gasteiger partial charge in [-0.1, -0.05) is 41.7 Å². The van der Waals surface area contributed by atoms with E-state index in [0.717, 1.165) is 16.8 Å². The molecule has 5 heterocycles. The third-order valence-corrected chi connectivity index (χ3v) is 9.33. The van der Waals surface area contributed by atoms with E-state index in [1.54, 1.807) is 35.4 Å². The molecule has 3 aliphatic rings. The zero-order chi connectivity index (χ0) is 23.8.